The molecule has 3 rings (SSSR count). The highest BCUT2D eigenvalue weighted by atomic mass is 16.5. The molecule has 0 unspecified atom stereocenters. The Bertz CT molecular complexity index is 735. The lowest BCUT2D eigenvalue weighted by atomic mass is 10.2. The summed E-state index contributed by atoms with van der Waals surface area (Å²) in [7, 11) is 0. The molecule has 2 aromatic heterocycles. The summed E-state index contributed by atoms with van der Waals surface area (Å²) in [5.41, 5.74) is 2.05. The predicted octanol–water partition coefficient (Wildman–Crippen LogP) is 1.73. The number of aryl methyl sites for hydroxylation is 3. The lowest BCUT2D eigenvalue weighted by Crippen LogP contribution is -2.42. The second-order valence-corrected chi connectivity index (χ2v) is 6.83. The number of nitrogens with one attached hydrogen (secondary N) is 1. The van der Waals surface area contributed by atoms with Crippen LogP contribution in [0.4, 0.5) is 0 Å². The van der Waals surface area contributed by atoms with Gasteiger partial charge in [0.15, 0.2) is 11.6 Å². The first-order chi connectivity index (χ1) is 11.9. The summed E-state index contributed by atoms with van der Waals surface area (Å²) in [4.78, 5) is 18.9. The zero-order chi connectivity index (χ0) is 18.0. The summed E-state index contributed by atoms with van der Waals surface area (Å²) in [6.07, 6.45) is 0.189. The van der Waals surface area contributed by atoms with Gasteiger partial charge in [-0.2, -0.15) is 10.2 Å². The van der Waals surface area contributed by atoms with Crippen molar-refractivity contribution in [1.29, 1.82) is 0 Å². The van der Waals surface area contributed by atoms with Gasteiger partial charge >= 0.3 is 0 Å². The number of nitrogens with zero attached hydrogens (tertiary/aromatic N) is 5. The van der Waals surface area contributed by atoms with E-state index in [1.54, 1.807) is 0 Å². The number of hydrogen-bond acceptors (Lipinski definition) is 5. The molecule has 1 aliphatic heterocycles. The van der Waals surface area contributed by atoms with Gasteiger partial charge in [0.2, 0.25) is 5.91 Å². The van der Waals surface area contributed by atoms with E-state index in [9.17, 15) is 4.79 Å². The van der Waals surface area contributed by atoms with Crippen LogP contribution < -0.4 is 0 Å². The van der Waals surface area contributed by atoms with Gasteiger partial charge in [-0.3, -0.25) is 14.6 Å². The second-order valence-electron chi connectivity index (χ2n) is 6.83. The lowest BCUT2D eigenvalue weighted by Gasteiger charge is -2.32. The van der Waals surface area contributed by atoms with Crippen molar-refractivity contribution in [1.82, 2.24) is 29.9 Å². The van der Waals surface area contributed by atoms with Crippen molar-refractivity contribution in [3.63, 3.8) is 0 Å². The Labute approximate surface area is 147 Å². The van der Waals surface area contributed by atoms with Gasteiger partial charge in [0.1, 0.15) is 6.10 Å². The van der Waals surface area contributed by atoms with Crippen LogP contribution in [-0.2, 0) is 16.1 Å². The van der Waals surface area contributed by atoms with Crippen LogP contribution in [0.2, 0.25) is 0 Å². The fraction of sp³-hybridized carbons (Fsp3) is 0.647. The first-order valence-corrected chi connectivity index (χ1v) is 8.76. The number of hydrogen-bond donors (Lipinski definition) is 1. The van der Waals surface area contributed by atoms with Crippen molar-refractivity contribution in [3.05, 3.63) is 29.1 Å². The summed E-state index contributed by atoms with van der Waals surface area (Å²) in [5, 5.41) is 11.6. The van der Waals surface area contributed by atoms with Gasteiger partial charge in [0.25, 0.3) is 0 Å². The minimum Gasteiger partial charge on any atom is -0.367 e. The molecular formula is C17H26N6O2. The van der Waals surface area contributed by atoms with Gasteiger partial charge in [-0.1, -0.05) is 13.8 Å². The molecule has 1 atom stereocenters. The molecule has 1 saturated heterocycles. The molecule has 0 radical (unpaired) electrons. The lowest BCUT2D eigenvalue weighted by molar-refractivity contribution is -0.139. The summed E-state index contributed by atoms with van der Waals surface area (Å²) >= 11 is 0. The van der Waals surface area contributed by atoms with Crippen LogP contribution in [0.3, 0.4) is 0 Å². The Balaban J connectivity index is 1.58. The summed E-state index contributed by atoms with van der Waals surface area (Å²) < 4.78 is 7.66. The number of aromatic amines is 1. The maximum absolute atomic E-state index is 12.6. The Morgan fingerprint density at radius 2 is 2.24 bits per heavy atom. The zero-order valence-corrected chi connectivity index (χ0v) is 15.3. The number of H-pyrrole nitrogens is 1. The third kappa shape index (κ3) is 4.07. The third-order valence-electron chi connectivity index (χ3n) is 4.40. The van der Waals surface area contributed by atoms with Crippen molar-refractivity contribution < 1.29 is 9.53 Å². The van der Waals surface area contributed by atoms with E-state index in [0.717, 1.165) is 17.2 Å². The maximum atomic E-state index is 12.6. The monoisotopic (exact) mass is 346 g/mol. The van der Waals surface area contributed by atoms with Crippen LogP contribution in [0.5, 0.6) is 0 Å². The fourth-order valence-corrected chi connectivity index (χ4v) is 2.99. The van der Waals surface area contributed by atoms with Crippen molar-refractivity contribution in [3.8, 4) is 0 Å². The van der Waals surface area contributed by atoms with Gasteiger partial charge in [0.05, 0.1) is 18.8 Å². The molecule has 0 bridgehead atoms. The molecule has 136 valence electrons. The Morgan fingerprint density at radius 3 is 2.88 bits per heavy atom. The predicted molar refractivity (Wildman–Crippen MR) is 92.1 cm³/mol. The molecule has 25 heavy (non-hydrogen) atoms. The SMILES string of the molecule is Cc1cc(C)n(CCC(=O)N2CCO[C@H](c3nc(C(C)C)n[nH]3)C2)n1. The molecule has 8 nitrogen and oxygen atoms in total. The standard InChI is InChI=1S/C17H26N6O2/c1-11(2)16-18-17(20-19-16)14-10-22(7-8-25-14)15(24)5-6-23-13(4)9-12(3)21-23/h9,11,14H,5-8,10H2,1-4H3,(H,18,19,20)/t14-/m0/s1. The van der Waals surface area contributed by atoms with Crippen molar-refractivity contribution >= 4 is 5.91 Å². The minimum absolute atomic E-state index is 0.115. The molecule has 8 heteroatoms. The van der Waals surface area contributed by atoms with Crippen LogP contribution in [-0.4, -0.2) is 55.5 Å². The van der Waals surface area contributed by atoms with E-state index in [-0.39, 0.29) is 17.9 Å². The highest BCUT2D eigenvalue weighted by Crippen LogP contribution is 2.21. The first-order valence-electron chi connectivity index (χ1n) is 8.76. The highest BCUT2D eigenvalue weighted by Gasteiger charge is 2.27. The molecule has 0 aromatic carbocycles. The Hall–Kier alpha value is -2.22. The summed E-state index contributed by atoms with van der Waals surface area (Å²) in [6.45, 7) is 10.3. The quantitative estimate of drug-likeness (QED) is 0.891. The van der Waals surface area contributed by atoms with E-state index in [1.807, 2.05) is 43.3 Å². The first kappa shape index (κ1) is 17.6. The number of amides is 1. The molecule has 1 aliphatic rings. The van der Waals surface area contributed by atoms with Gasteiger partial charge in [0, 0.05) is 31.1 Å². The molecule has 0 spiro atoms. The normalized spacial score (nSPS) is 18.1. The molecule has 3 heterocycles. The maximum Gasteiger partial charge on any atom is 0.224 e. The molecule has 1 N–H and O–H groups in total. The van der Waals surface area contributed by atoms with Gasteiger partial charge < -0.3 is 9.64 Å². The summed E-state index contributed by atoms with van der Waals surface area (Å²) in [6, 6.07) is 2.02. The topological polar surface area (TPSA) is 88.9 Å². The number of carbonyl (C=O) groups is 1. The highest BCUT2D eigenvalue weighted by molar-refractivity contribution is 5.76. The van der Waals surface area contributed by atoms with Gasteiger partial charge in [-0.15, -0.1) is 0 Å². The molecule has 1 amide bonds. The third-order valence-corrected chi connectivity index (χ3v) is 4.40. The van der Waals surface area contributed by atoms with Crippen molar-refractivity contribution in [2.24, 2.45) is 0 Å². The van der Waals surface area contributed by atoms with E-state index in [2.05, 4.69) is 20.3 Å². The molecule has 2 aromatic rings. The number of rotatable bonds is 5. The van der Waals surface area contributed by atoms with Gasteiger partial charge in [-0.25, -0.2) is 4.98 Å². The van der Waals surface area contributed by atoms with Crippen LogP contribution in [0.1, 0.15) is 55.3 Å². The zero-order valence-electron chi connectivity index (χ0n) is 15.3. The Morgan fingerprint density at radius 1 is 1.44 bits per heavy atom. The van der Waals surface area contributed by atoms with Crippen LogP contribution in [0.25, 0.3) is 0 Å². The molecular weight excluding hydrogens is 320 g/mol. The van der Waals surface area contributed by atoms with Crippen LogP contribution >= 0.6 is 0 Å². The van der Waals surface area contributed by atoms with Crippen molar-refractivity contribution in [2.45, 2.75) is 52.7 Å². The second kappa shape index (κ2) is 7.35. The minimum atomic E-state index is -0.244. The number of aromatic nitrogens is 5. The van der Waals surface area contributed by atoms with Gasteiger partial charge in [-0.05, 0) is 19.9 Å². The number of morpholine rings is 1. The summed E-state index contributed by atoms with van der Waals surface area (Å²) in [5.74, 6) is 1.84. The Kier molecular flexibility index (Phi) is 5.17. The fourth-order valence-electron chi connectivity index (χ4n) is 2.99. The number of carbonyl (C=O) groups excluding carboxylic acids is 1. The van der Waals surface area contributed by atoms with E-state index in [1.165, 1.54) is 0 Å². The van der Waals surface area contributed by atoms with Crippen LogP contribution in [0, 0.1) is 13.8 Å². The molecule has 1 fully saturated rings. The van der Waals surface area contributed by atoms with E-state index in [0.29, 0.717) is 38.5 Å². The van der Waals surface area contributed by atoms with E-state index >= 15 is 0 Å². The average molecular weight is 346 g/mol. The largest absolute Gasteiger partial charge is 0.367 e. The average Bonchev–Trinajstić information content (AvgIpc) is 3.19. The molecule has 0 aliphatic carbocycles. The van der Waals surface area contributed by atoms with Crippen LogP contribution in [0.15, 0.2) is 6.07 Å². The molecule has 0 saturated carbocycles. The van der Waals surface area contributed by atoms with E-state index in [4.69, 9.17) is 4.74 Å². The number of ether oxygens (including phenoxy) is 1. The van der Waals surface area contributed by atoms with E-state index < -0.39 is 0 Å². The van der Waals surface area contributed by atoms with Crippen molar-refractivity contribution in [2.75, 3.05) is 19.7 Å². The smallest absolute Gasteiger partial charge is 0.224 e.